The maximum absolute atomic E-state index is 11.2. The number of nitrogen functional groups attached to an aromatic ring is 1. The Labute approximate surface area is 70.7 Å². The van der Waals surface area contributed by atoms with Crippen molar-refractivity contribution in [2.24, 2.45) is 0 Å². The zero-order chi connectivity index (χ0) is 9.14. The molecule has 0 amide bonds. The summed E-state index contributed by atoms with van der Waals surface area (Å²) in [4.78, 5) is 13.9. The summed E-state index contributed by atoms with van der Waals surface area (Å²) in [6.45, 7) is 3.58. The molecule has 0 fully saturated rings. The summed E-state index contributed by atoms with van der Waals surface area (Å²) < 4.78 is 4.93. The average molecular weight is 168 g/mol. The molecular formula is C8H12N2O2. The van der Waals surface area contributed by atoms with Crippen LogP contribution in [-0.2, 0) is 4.74 Å². The van der Waals surface area contributed by atoms with E-state index in [0.717, 1.165) is 0 Å². The van der Waals surface area contributed by atoms with Crippen molar-refractivity contribution in [3.8, 4) is 0 Å². The van der Waals surface area contributed by atoms with E-state index in [1.54, 1.807) is 26.1 Å². The maximum atomic E-state index is 11.2. The molecule has 1 aromatic rings. The highest BCUT2D eigenvalue weighted by Crippen LogP contribution is 2.10. The minimum Gasteiger partial charge on any atom is -0.458 e. The van der Waals surface area contributed by atoms with Crippen LogP contribution in [0.4, 0.5) is 5.69 Å². The predicted octanol–water partition coefficient (Wildman–Crippen LogP) is 1.16. The number of aromatic nitrogens is 1. The first-order valence-corrected chi connectivity index (χ1v) is 3.75. The SMILES string of the molecule is CC(C)OC(=O)c1[nH]ccc1N. The highest BCUT2D eigenvalue weighted by molar-refractivity contribution is 5.93. The first-order chi connectivity index (χ1) is 5.61. The van der Waals surface area contributed by atoms with Crippen molar-refractivity contribution in [3.63, 3.8) is 0 Å². The fourth-order valence-corrected chi connectivity index (χ4v) is 0.831. The molecule has 0 aliphatic carbocycles. The molecule has 0 saturated heterocycles. The molecule has 0 aliphatic rings. The Bertz CT molecular complexity index is 278. The fraction of sp³-hybridized carbons (Fsp3) is 0.375. The van der Waals surface area contributed by atoms with Crippen molar-refractivity contribution < 1.29 is 9.53 Å². The van der Waals surface area contributed by atoms with Gasteiger partial charge in [-0.3, -0.25) is 0 Å². The van der Waals surface area contributed by atoms with Crippen LogP contribution in [0.25, 0.3) is 0 Å². The van der Waals surface area contributed by atoms with Gasteiger partial charge in [0.15, 0.2) is 0 Å². The van der Waals surface area contributed by atoms with Gasteiger partial charge in [-0.25, -0.2) is 4.79 Å². The van der Waals surface area contributed by atoms with Gasteiger partial charge in [0.1, 0.15) is 5.69 Å². The monoisotopic (exact) mass is 168 g/mol. The summed E-state index contributed by atoms with van der Waals surface area (Å²) in [6.07, 6.45) is 1.48. The van der Waals surface area contributed by atoms with Crippen molar-refractivity contribution in [1.29, 1.82) is 0 Å². The van der Waals surface area contributed by atoms with E-state index in [1.165, 1.54) is 0 Å². The van der Waals surface area contributed by atoms with E-state index in [0.29, 0.717) is 11.4 Å². The van der Waals surface area contributed by atoms with E-state index in [-0.39, 0.29) is 6.10 Å². The minimum atomic E-state index is -0.410. The summed E-state index contributed by atoms with van der Waals surface area (Å²) in [5.41, 5.74) is 6.23. The van der Waals surface area contributed by atoms with Crippen LogP contribution in [0.15, 0.2) is 12.3 Å². The number of hydrogen-bond donors (Lipinski definition) is 2. The lowest BCUT2D eigenvalue weighted by Gasteiger charge is -2.06. The molecule has 0 atom stereocenters. The third kappa shape index (κ3) is 1.78. The standard InChI is InChI=1S/C8H12N2O2/c1-5(2)12-8(11)7-6(9)3-4-10-7/h3-5,10H,9H2,1-2H3. The Morgan fingerprint density at radius 2 is 2.33 bits per heavy atom. The van der Waals surface area contributed by atoms with Gasteiger partial charge in [-0.1, -0.05) is 0 Å². The largest absolute Gasteiger partial charge is 0.458 e. The number of nitrogens with two attached hydrogens (primary N) is 1. The van der Waals surface area contributed by atoms with Gasteiger partial charge in [-0.15, -0.1) is 0 Å². The lowest BCUT2D eigenvalue weighted by atomic mass is 10.4. The number of aromatic amines is 1. The van der Waals surface area contributed by atoms with E-state index >= 15 is 0 Å². The van der Waals surface area contributed by atoms with Gasteiger partial charge in [0.05, 0.1) is 11.8 Å². The molecule has 1 heterocycles. The molecule has 0 aromatic carbocycles. The number of H-pyrrole nitrogens is 1. The molecule has 12 heavy (non-hydrogen) atoms. The summed E-state index contributed by atoms with van der Waals surface area (Å²) in [5, 5.41) is 0. The Hall–Kier alpha value is -1.45. The molecule has 4 nitrogen and oxygen atoms in total. The Kier molecular flexibility index (Phi) is 2.38. The first kappa shape index (κ1) is 8.64. The normalized spacial score (nSPS) is 10.2. The molecule has 1 rings (SSSR count). The van der Waals surface area contributed by atoms with Crippen LogP contribution in [-0.4, -0.2) is 17.1 Å². The quantitative estimate of drug-likeness (QED) is 0.651. The molecule has 66 valence electrons. The Morgan fingerprint density at radius 3 is 2.75 bits per heavy atom. The van der Waals surface area contributed by atoms with Gasteiger partial charge in [-0.05, 0) is 19.9 Å². The van der Waals surface area contributed by atoms with E-state index in [2.05, 4.69) is 4.98 Å². The lowest BCUT2D eigenvalue weighted by molar-refractivity contribution is 0.0373. The highest BCUT2D eigenvalue weighted by Gasteiger charge is 2.12. The predicted molar refractivity (Wildman–Crippen MR) is 45.8 cm³/mol. The molecule has 1 aromatic heterocycles. The van der Waals surface area contributed by atoms with Crippen LogP contribution in [0, 0.1) is 0 Å². The van der Waals surface area contributed by atoms with Gasteiger partial charge in [-0.2, -0.15) is 0 Å². The Balaban J connectivity index is 2.72. The Morgan fingerprint density at radius 1 is 1.67 bits per heavy atom. The van der Waals surface area contributed by atoms with Crippen molar-refractivity contribution in [3.05, 3.63) is 18.0 Å². The number of rotatable bonds is 2. The number of hydrogen-bond acceptors (Lipinski definition) is 3. The second-order valence-electron chi connectivity index (χ2n) is 2.76. The summed E-state index contributed by atoms with van der Waals surface area (Å²) in [5.74, 6) is -0.410. The second-order valence-corrected chi connectivity index (χ2v) is 2.76. The summed E-state index contributed by atoms with van der Waals surface area (Å²) >= 11 is 0. The van der Waals surface area contributed by atoms with Crippen molar-refractivity contribution >= 4 is 11.7 Å². The molecule has 0 aliphatic heterocycles. The highest BCUT2D eigenvalue weighted by atomic mass is 16.5. The van der Waals surface area contributed by atoms with Crippen LogP contribution in [0.1, 0.15) is 24.3 Å². The van der Waals surface area contributed by atoms with Gasteiger partial charge >= 0.3 is 5.97 Å². The third-order valence-electron chi connectivity index (χ3n) is 1.33. The van der Waals surface area contributed by atoms with Gasteiger partial charge in [0, 0.05) is 6.20 Å². The number of anilines is 1. The molecule has 0 spiro atoms. The first-order valence-electron chi connectivity index (χ1n) is 3.75. The number of nitrogens with one attached hydrogen (secondary N) is 1. The topological polar surface area (TPSA) is 68.1 Å². The van der Waals surface area contributed by atoms with Crippen molar-refractivity contribution in [2.45, 2.75) is 20.0 Å². The van der Waals surface area contributed by atoms with Gasteiger partial charge < -0.3 is 15.5 Å². The second kappa shape index (κ2) is 3.30. The molecule has 0 saturated carbocycles. The van der Waals surface area contributed by atoms with Crippen molar-refractivity contribution in [1.82, 2.24) is 4.98 Å². The lowest BCUT2D eigenvalue weighted by Crippen LogP contribution is -2.13. The van der Waals surface area contributed by atoms with Crippen LogP contribution < -0.4 is 5.73 Å². The zero-order valence-corrected chi connectivity index (χ0v) is 7.13. The zero-order valence-electron chi connectivity index (χ0n) is 7.13. The van der Waals surface area contributed by atoms with Crippen LogP contribution in [0.3, 0.4) is 0 Å². The summed E-state index contributed by atoms with van der Waals surface area (Å²) in [6, 6.07) is 1.62. The van der Waals surface area contributed by atoms with E-state index in [1.807, 2.05) is 0 Å². The molecule has 3 N–H and O–H groups in total. The van der Waals surface area contributed by atoms with E-state index in [4.69, 9.17) is 10.5 Å². The van der Waals surface area contributed by atoms with Crippen LogP contribution in [0.5, 0.6) is 0 Å². The van der Waals surface area contributed by atoms with Gasteiger partial charge in [0.25, 0.3) is 0 Å². The van der Waals surface area contributed by atoms with E-state index < -0.39 is 5.97 Å². The van der Waals surface area contributed by atoms with Crippen LogP contribution in [0.2, 0.25) is 0 Å². The average Bonchev–Trinajstić information content (AvgIpc) is 2.33. The van der Waals surface area contributed by atoms with Crippen molar-refractivity contribution in [2.75, 3.05) is 5.73 Å². The third-order valence-corrected chi connectivity index (χ3v) is 1.33. The molecular weight excluding hydrogens is 156 g/mol. The molecule has 0 bridgehead atoms. The maximum Gasteiger partial charge on any atom is 0.357 e. The molecule has 0 unspecified atom stereocenters. The molecule has 0 radical (unpaired) electrons. The smallest absolute Gasteiger partial charge is 0.357 e. The number of carbonyl (C=O) groups is 1. The fourth-order valence-electron chi connectivity index (χ4n) is 0.831. The minimum absolute atomic E-state index is 0.125. The van der Waals surface area contributed by atoms with Crippen LogP contribution >= 0.6 is 0 Å². The van der Waals surface area contributed by atoms with E-state index in [9.17, 15) is 4.79 Å². The number of esters is 1. The van der Waals surface area contributed by atoms with Gasteiger partial charge in [0.2, 0.25) is 0 Å². The number of ether oxygens (including phenoxy) is 1. The summed E-state index contributed by atoms with van der Waals surface area (Å²) in [7, 11) is 0. The molecule has 4 heteroatoms. The number of carbonyl (C=O) groups excluding carboxylic acids is 1.